The fraction of sp³-hybridized carbons (Fsp3) is 0.778. The number of nitrogens with one attached hydrogen (secondary N) is 2. The van der Waals surface area contributed by atoms with E-state index in [0.29, 0.717) is 13.0 Å². The highest BCUT2D eigenvalue weighted by molar-refractivity contribution is 5.76. The predicted molar refractivity (Wildman–Crippen MR) is 52.3 cm³/mol. The van der Waals surface area contributed by atoms with E-state index in [2.05, 4.69) is 10.6 Å². The number of hydrogen-bond acceptors (Lipinski definition) is 4. The van der Waals surface area contributed by atoms with Gasteiger partial charge < -0.3 is 20.8 Å². The Labute approximate surface area is 87.7 Å². The number of rotatable bonds is 5. The van der Waals surface area contributed by atoms with Gasteiger partial charge in [0.15, 0.2) is 0 Å². The van der Waals surface area contributed by atoms with Crippen LogP contribution < -0.4 is 10.6 Å². The minimum absolute atomic E-state index is 0.0409. The quantitative estimate of drug-likeness (QED) is 0.457. The van der Waals surface area contributed by atoms with Gasteiger partial charge in [0.05, 0.1) is 12.5 Å². The maximum Gasteiger partial charge on any atom is 0.306 e. The Morgan fingerprint density at radius 2 is 2.40 bits per heavy atom. The molecule has 1 saturated heterocycles. The first-order valence-electron chi connectivity index (χ1n) is 4.98. The number of aliphatic hydroxyl groups is 1. The molecule has 15 heavy (non-hydrogen) atoms. The summed E-state index contributed by atoms with van der Waals surface area (Å²) in [5, 5.41) is 23.4. The molecule has 0 aromatic carbocycles. The normalized spacial score (nSPS) is 23.3. The molecule has 4 N–H and O–H groups in total. The summed E-state index contributed by atoms with van der Waals surface area (Å²) >= 11 is 0. The fourth-order valence-electron chi connectivity index (χ4n) is 1.48. The highest BCUT2D eigenvalue weighted by Gasteiger charge is 2.18. The predicted octanol–water partition coefficient (Wildman–Crippen LogP) is -1.31. The molecular formula is C9H16N2O4. The number of aliphatic carboxylic acids is 1. The number of piperidine rings is 1. The second-order valence-electron chi connectivity index (χ2n) is 3.70. The van der Waals surface area contributed by atoms with Crippen LogP contribution in [0.1, 0.15) is 19.3 Å². The van der Waals surface area contributed by atoms with Gasteiger partial charge >= 0.3 is 5.97 Å². The number of hydrogen-bond donors (Lipinski definition) is 4. The molecule has 0 bridgehead atoms. The maximum atomic E-state index is 10.8. The van der Waals surface area contributed by atoms with Gasteiger partial charge in [-0.25, -0.2) is 0 Å². The van der Waals surface area contributed by atoms with Gasteiger partial charge in [-0.2, -0.15) is 0 Å². The van der Waals surface area contributed by atoms with Crippen molar-refractivity contribution in [2.24, 2.45) is 0 Å². The lowest BCUT2D eigenvalue weighted by atomic mass is 10.1. The average molecular weight is 216 g/mol. The molecule has 1 rings (SSSR count). The molecule has 0 spiro atoms. The monoisotopic (exact) mass is 216 g/mol. The van der Waals surface area contributed by atoms with Gasteiger partial charge in [0, 0.05) is 25.6 Å². The Kier molecular flexibility index (Phi) is 4.51. The average Bonchev–Trinajstić information content (AvgIpc) is 2.16. The van der Waals surface area contributed by atoms with Crippen molar-refractivity contribution < 1.29 is 19.8 Å². The highest BCUT2D eigenvalue weighted by Crippen LogP contribution is 2.02. The lowest BCUT2D eigenvalue weighted by Crippen LogP contribution is -2.47. The third kappa shape index (κ3) is 4.75. The van der Waals surface area contributed by atoms with E-state index in [1.165, 1.54) is 0 Å². The van der Waals surface area contributed by atoms with Gasteiger partial charge in [-0.15, -0.1) is 0 Å². The third-order valence-electron chi connectivity index (χ3n) is 2.32. The second-order valence-corrected chi connectivity index (χ2v) is 3.70. The molecule has 0 saturated carbocycles. The molecule has 6 heteroatoms. The summed E-state index contributed by atoms with van der Waals surface area (Å²) in [7, 11) is 0. The molecule has 1 aliphatic rings. The molecule has 1 fully saturated rings. The Morgan fingerprint density at radius 3 is 2.93 bits per heavy atom. The van der Waals surface area contributed by atoms with Crippen LogP contribution in [0.15, 0.2) is 0 Å². The Hall–Kier alpha value is -1.14. The number of carbonyl (C=O) groups excluding carboxylic acids is 1. The van der Waals surface area contributed by atoms with Crippen molar-refractivity contribution >= 4 is 11.9 Å². The van der Waals surface area contributed by atoms with Gasteiger partial charge in [0.25, 0.3) is 0 Å². The van der Waals surface area contributed by atoms with E-state index in [1.54, 1.807) is 0 Å². The summed E-state index contributed by atoms with van der Waals surface area (Å²) in [5.41, 5.74) is 0. The number of amides is 1. The summed E-state index contributed by atoms with van der Waals surface area (Å²) in [4.78, 5) is 21.1. The van der Waals surface area contributed by atoms with E-state index < -0.39 is 12.1 Å². The van der Waals surface area contributed by atoms with Gasteiger partial charge in [-0.1, -0.05) is 0 Å². The van der Waals surface area contributed by atoms with Crippen molar-refractivity contribution in [3.05, 3.63) is 0 Å². The summed E-state index contributed by atoms with van der Waals surface area (Å²) in [6.07, 6.45) is 0.0739. The SMILES string of the molecule is O=C(O)CC(O)CNC1CCC(=O)NC1. The van der Waals surface area contributed by atoms with Crippen LogP contribution in [0.2, 0.25) is 0 Å². The first kappa shape index (κ1) is 11.9. The molecule has 0 aliphatic carbocycles. The minimum atomic E-state index is -1.01. The maximum absolute atomic E-state index is 10.8. The van der Waals surface area contributed by atoms with Crippen molar-refractivity contribution in [3.8, 4) is 0 Å². The van der Waals surface area contributed by atoms with E-state index in [1.807, 2.05) is 0 Å². The largest absolute Gasteiger partial charge is 0.481 e. The summed E-state index contributed by atoms with van der Waals surface area (Å²) in [5.74, 6) is -0.972. The smallest absolute Gasteiger partial charge is 0.306 e. The van der Waals surface area contributed by atoms with Crippen LogP contribution in [0, 0.1) is 0 Å². The van der Waals surface area contributed by atoms with Crippen LogP contribution >= 0.6 is 0 Å². The van der Waals surface area contributed by atoms with Crippen molar-refractivity contribution in [2.45, 2.75) is 31.4 Å². The molecule has 86 valence electrons. The van der Waals surface area contributed by atoms with Crippen molar-refractivity contribution in [1.82, 2.24) is 10.6 Å². The Balaban J connectivity index is 2.14. The van der Waals surface area contributed by atoms with Crippen LogP contribution in [0.5, 0.6) is 0 Å². The molecule has 0 radical (unpaired) electrons. The van der Waals surface area contributed by atoms with Crippen LogP contribution in [0.3, 0.4) is 0 Å². The van der Waals surface area contributed by atoms with Crippen LogP contribution in [0.4, 0.5) is 0 Å². The second kappa shape index (κ2) is 5.67. The van der Waals surface area contributed by atoms with Gasteiger partial charge in [-0.05, 0) is 6.42 Å². The molecule has 1 aliphatic heterocycles. The first-order valence-corrected chi connectivity index (χ1v) is 4.98. The standard InChI is InChI=1S/C9H16N2O4/c12-7(3-9(14)15)5-10-6-1-2-8(13)11-4-6/h6-7,10,12H,1-5H2,(H,11,13)(H,14,15). The van der Waals surface area contributed by atoms with Crippen molar-refractivity contribution in [1.29, 1.82) is 0 Å². The van der Waals surface area contributed by atoms with Crippen LogP contribution in [0.25, 0.3) is 0 Å². The molecule has 2 unspecified atom stereocenters. The molecule has 1 amide bonds. The van der Waals surface area contributed by atoms with E-state index in [-0.39, 0.29) is 24.9 Å². The first-order chi connectivity index (χ1) is 7.08. The summed E-state index contributed by atoms with van der Waals surface area (Å²) in [6, 6.07) is 0.131. The van der Waals surface area contributed by atoms with Gasteiger partial charge in [0.2, 0.25) is 5.91 Å². The van der Waals surface area contributed by atoms with Gasteiger partial charge in [-0.3, -0.25) is 9.59 Å². The highest BCUT2D eigenvalue weighted by atomic mass is 16.4. The van der Waals surface area contributed by atoms with E-state index >= 15 is 0 Å². The number of carboxylic acids is 1. The van der Waals surface area contributed by atoms with Crippen LogP contribution in [-0.4, -0.2) is 47.3 Å². The van der Waals surface area contributed by atoms with Crippen molar-refractivity contribution in [3.63, 3.8) is 0 Å². The topological polar surface area (TPSA) is 98.7 Å². The number of carbonyl (C=O) groups is 2. The molecule has 0 aromatic heterocycles. The number of carboxylic acid groups (broad SMARTS) is 1. The number of aliphatic hydroxyl groups excluding tert-OH is 1. The molecule has 2 atom stereocenters. The zero-order valence-corrected chi connectivity index (χ0v) is 8.40. The Morgan fingerprint density at radius 1 is 1.67 bits per heavy atom. The van der Waals surface area contributed by atoms with E-state index in [4.69, 9.17) is 5.11 Å². The molecule has 0 aromatic rings. The zero-order valence-electron chi connectivity index (χ0n) is 8.40. The Bertz CT molecular complexity index is 234. The van der Waals surface area contributed by atoms with Gasteiger partial charge in [0.1, 0.15) is 0 Å². The van der Waals surface area contributed by atoms with Crippen LogP contribution in [-0.2, 0) is 9.59 Å². The zero-order chi connectivity index (χ0) is 11.3. The third-order valence-corrected chi connectivity index (χ3v) is 2.32. The molecular weight excluding hydrogens is 200 g/mol. The van der Waals surface area contributed by atoms with E-state index in [0.717, 1.165) is 6.42 Å². The van der Waals surface area contributed by atoms with E-state index in [9.17, 15) is 14.7 Å². The van der Waals surface area contributed by atoms with Crippen molar-refractivity contribution in [2.75, 3.05) is 13.1 Å². The molecule has 1 heterocycles. The fourth-order valence-corrected chi connectivity index (χ4v) is 1.48. The summed E-state index contributed by atoms with van der Waals surface area (Å²) in [6.45, 7) is 0.783. The summed E-state index contributed by atoms with van der Waals surface area (Å²) < 4.78 is 0. The lowest BCUT2D eigenvalue weighted by molar-refractivity contribution is -0.139. The molecule has 6 nitrogen and oxygen atoms in total. The lowest BCUT2D eigenvalue weighted by Gasteiger charge is -2.24. The minimum Gasteiger partial charge on any atom is -0.481 e.